The van der Waals surface area contributed by atoms with Gasteiger partial charge in [-0.05, 0) is 31.2 Å². The van der Waals surface area contributed by atoms with Crippen molar-refractivity contribution in [1.29, 1.82) is 5.26 Å². The first-order valence-corrected chi connectivity index (χ1v) is 6.74. The van der Waals surface area contributed by atoms with Crippen LogP contribution in [0.3, 0.4) is 0 Å². The number of benzene rings is 1. The quantitative estimate of drug-likeness (QED) is 0.733. The summed E-state index contributed by atoms with van der Waals surface area (Å²) < 4.78 is 5.58. The van der Waals surface area contributed by atoms with Gasteiger partial charge in [-0.1, -0.05) is 18.2 Å². The molecule has 0 aliphatic carbocycles. The van der Waals surface area contributed by atoms with E-state index < -0.39 is 0 Å². The summed E-state index contributed by atoms with van der Waals surface area (Å²) in [5.41, 5.74) is 1.45. The zero-order chi connectivity index (χ0) is 14.8. The molecule has 0 aliphatic rings. The Morgan fingerprint density at radius 3 is 2.76 bits per heavy atom. The van der Waals surface area contributed by atoms with Gasteiger partial charge in [-0.3, -0.25) is 0 Å². The largest absolute Gasteiger partial charge is 0.464 e. The zero-order valence-corrected chi connectivity index (χ0v) is 12.0. The molecule has 1 aromatic carbocycles. The summed E-state index contributed by atoms with van der Waals surface area (Å²) in [6.45, 7) is 2.49. The molecule has 21 heavy (non-hydrogen) atoms. The number of aromatic nitrogens is 1. The van der Waals surface area contributed by atoms with Crippen molar-refractivity contribution in [3.05, 3.63) is 59.5 Å². The predicted octanol–water partition coefficient (Wildman–Crippen LogP) is 3.64. The van der Waals surface area contributed by atoms with Gasteiger partial charge in [-0.25, -0.2) is 4.98 Å². The number of furan rings is 1. The maximum absolute atomic E-state index is 9.36. The van der Waals surface area contributed by atoms with Crippen molar-refractivity contribution >= 4 is 16.7 Å². The monoisotopic (exact) mass is 277 g/mol. The van der Waals surface area contributed by atoms with Gasteiger partial charge in [0.25, 0.3) is 0 Å². The van der Waals surface area contributed by atoms with Gasteiger partial charge in [0.15, 0.2) is 0 Å². The summed E-state index contributed by atoms with van der Waals surface area (Å²) >= 11 is 0. The summed E-state index contributed by atoms with van der Waals surface area (Å²) in [4.78, 5) is 6.54. The topological polar surface area (TPSA) is 53.1 Å². The zero-order valence-electron chi connectivity index (χ0n) is 12.0. The predicted molar refractivity (Wildman–Crippen MR) is 82.0 cm³/mol. The van der Waals surface area contributed by atoms with Crippen LogP contribution in [0.25, 0.3) is 10.9 Å². The number of hydrogen-bond acceptors (Lipinski definition) is 4. The SMILES string of the molecule is Cc1ccc(CN(C)c2nc3ccccc3cc2C#N)o1. The third-order valence-electron chi connectivity index (χ3n) is 3.37. The van der Waals surface area contributed by atoms with Crippen LogP contribution in [0.5, 0.6) is 0 Å². The number of aryl methyl sites for hydroxylation is 1. The number of rotatable bonds is 3. The van der Waals surface area contributed by atoms with E-state index in [9.17, 15) is 5.26 Å². The highest BCUT2D eigenvalue weighted by atomic mass is 16.3. The number of para-hydroxylation sites is 1. The molecule has 0 amide bonds. The molecule has 3 rings (SSSR count). The van der Waals surface area contributed by atoms with Gasteiger partial charge in [0.2, 0.25) is 0 Å². The summed E-state index contributed by atoms with van der Waals surface area (Å²) in [6, 6.07) is 15.8. The number of pyridine rings is 1. The van der Waals surface area contributed by atoms with E-state index >= 15 is 0 Å². The normalized spacial score (nSPS) is 10.5. The van der Waals surface area contributed by atoms with Crippen molar-refractivity contribution in [2.24, 2.45) is 0 Å². The van der Waals surface area contributed by atoms with Crippen LogP contribution in [0, 0.1) is 18.3 Å². The lowest BCUT2D eigenvalue weighted by Crippen LogP contribution is -2.18. The van der Waals surface area contributed by atoms with E-state index in [1.165, 1.54) is 0 Å². The van der Waals surface area contributed by atoms with E-state index in [0.29, 0.717) is 17.9 Å². The summed E-state index contributed by atoms with van der Waals surface area (Å²) in [5.74, 6) is 2.41. The van der Waals surface area contributed by atoms with Gasteiger partial charge in [-0.2, -0.15) is 5.26 Å². The molecule has 0 spiro atoms. The molecule has 4 nitrogen and oxygen atoms in total. The van der Waals surface area contributed by atoms with Crippen LogP contribution >= 0.6 is 0 Å². The Bertz CT molecular complexity index is 829. The number of hydrogen-bond donors (Lipinski definition) is 0. The Balaban J connectivity index is 2.00. The molecular weight excluding hydrogens is 262 g/mol. The highest BCUT2D eigenvalue weighted by Gasteiger charge is 2.12. The first kappa shape index (κ1) is 13.2. The number of nitriles is 1. The van der Waals surface area contributed by atoms with E-state index in [4.69, 9.17) is 4.42 Å². The minimum absolute atomic E-state index is 0.569. The van der Waals surface area contributed by atoms with Crippen LogP contribution in [0.4, 0.5) is 5.82 Å². The third-order valence-corrected chi connectivity index (χ3v) is 3.37. The van der Waals surface area contributed by atoms with Crippen molar-refractivity contribution in [3.63, 3.8) is 0 Å². The Morgan fingerprint density at radius 1 is 1.24 bits per heavy atom. The Hall–Kier alpha value is -2.80. The summed E-state index contributed by atoms with van der Waals surface area (Å²) in [5, 5.41) is 10.3. The fraction of sp³-hybridized carbons (Fsp3) is 0.176. The average molecular weight is 277 g/mol. The highest BCUT2D eigenvalue weighted by Crippen LogP contribution is 2.23. The van der Waals surface area contributed by atoms with Crippen molar-refractivity contribution < 1.29 is 4.42 Å². The molecular formula is C17H15N3O. The van der Waals surface area contributed by atoms with Crippen LogP contribution in [-0.2, 0) is 6.54 Å². The molecule has 2 heterocycles. The van der Waals surface area contributed by atoms with Gasteiger partial charge in [0.05, 0.1) is 17.6 Å². The molecule has 0 radical (unpaired) electrons. The van der Waals surface area contributed by atoms with Gasteiger partial charge >= 0.3 is 0 Å². The fourth-order valence-electron chi connectivity index (χ4n) is 2.36. The second kappa shape index (κ2) is 5.29. The summed E-state index contributed by atoms with van der Waals surface area (Å²) in [7, 11) is 1.91. The Kier molecular flexibility index (Phi) is 3.33. The van der Waals surface area contributed by atoms with Gasteiger partial charge in [-0.15, -0.1) is 0 Å². The minimum atomic E-state index is 0.569. The molecule has 2 aromatic heterocycles. The molecule has 3 aromatic rings. The van der Waals surface area contributed by atoms with E-state index in [1.54, 1.807) is 0 Å². The van der Waals surface area contributed by atoms with E-state index in [1.807, 2.05) is 61.3 Å². The van der Waals surface area contributed by atoms with Gasteiger partial charge in [0, 0.05) is 12.4 Å². The molecule has 0 bridgehead atoms. The Labute approximate surface area is 123 Å². The van der Waals surface area contributed by atoms with Crippen LogP contribution in [0.1, 0.15) is 17.1 Å². The molecule has 104 valence electrons. The first-order valence-electron chi connectivity index (χ1n) is 6.74. The smallest absolute Gasteiger partial charge is 0.147 e. The number of nitrogens with zero attached hydrogens (tertiary/aromatic N) is 3. The number of anilines is 1. The Morgan fingerprint density at radius 2 is 2.05 bits per heavy atom. The lowest BCUT2D eigenvalue weighted by atomic mass is 10.1. The fourth-order valence-corrected chi connectivity index (χ4v) is 2.36. The number of fused-ring (bicyclic) bond motifs is 1. The van der Waals surface area contributed by atoms with Crippen molar-refractivity contribution in [3.8, 4) is 6.07 Å². The van der Waals surface area contributed by atoms with Crippen LogP contribution in [0.15, 0.2) is 46.9 Å². The minimum Gasteiger partial charge on any atom is -0.464 e. The second-order valence-electron chi connectivity index (χ2n) is 5.03. The lowest BCUT2D eigenvalue weighted by molar-refractivity contribution is 0.481. The first-order chi connectivity index (χ1) is 10.2. The third kappa shape index (κ3) is 2.59. The molecule has 0 atom stereocenters. The molecule has 4 heteroatoms. The van der Waals surface area contributed by atoms with Crippen LogP contribution in [-0.4, -0.2) is 12.0 Å². The van der Waals surface area contributed by atoms with Gasteiger partial charge in [0.1, 0.15) is 23.4 Å². The molecule has 0 unspecified atom stereocenters. The van der Waals surface area contributed by atoms with E-state index in [2.05, 4.69) is 11.1 Å². The average Bonchev–Trinajstić information content (AvgIpc) is 2.90. The lowest BCUT2D eigenvalue weighted by Gasteiger charge is -2.18. The molecule has 0 fully saturated rings. The van der Waals surface area contributed by atoms with Crippen LogP contribution in [0.2, 0.25) is 0 Å². The second-order valence-corrected chi connectivity index (χ2v) is 5.03. The molecule has 0 saturated heterocycles. The maximum Gasteiger partial charge on any atom is 0.147 e. The van der Waals surface area contributed by atoms with E-state index in [0.717, 1.165) is 22.4 Å². The molecule has 0 saturated carbocycles. The standard InChI is InChI=1S/C17H15N3O/c1-12-7-8-15(21-12)11-20(2)17-14(10-18)9-13-5-3-4-6-16(13)19-17/h3-9H,11H2,1-2H3. The van der Waals surface area contributed by atoms with Crippen molar-refractivity contribution in [1.82, 2.24) is 4.98 Å². The van der Waals surface area contributed by atoms with E-state index in [-0.39, 0.29) is 0 Å². The van der Waals surface area contributed by atoms with Gasteiger partial charge < -0.3 is 9.32 Å². The summed E-state index contributed by atoms with van der Waals surface area (Å²) in [6.07, 6.45) is 0. The maximum atomic E-state index is 9.36. The van der Waals surface area contributed by atoms with Crippen molar-refractivity contribution in [2.75, 3.05) is 11.9 Å². The molecule has 0 N–H and O–H groups in total. The highest BCUT2D eigenvalue weighted by molar-refractivity contribution is 5.83. The molecule has 0 aliphatic heterocycles. The van der Waals surface area contributed by atoms with Crippen molar-refractivity contribution in [2.45, 2.75) is 13.5 Å². The van der Waals surface area contributed by atoms with Crippen LogP contribution < -0.4 is 4.90 Å².